The van der Waals surface area contributed by atoms with Crippen LogP contribution in [-0.2, 0) is 10.8 Å². The molecule has 12 heavy (non-hydrogen) atoms. The summed E-state index contributed by atoms with van der Waals surface area (Å²) in [6, 6.07) is 0. The van der Waals surface area contributed by atoms with Crippen LogP contribution in [0.25, 0.3) is 0 Å². The van der Waals surface area contributed by atoms with Gasteiger partial charge in [-0.3, -0.25) is 8.60 Å². The summed E-state index contributed by atoms with van der Waals surface area (Å²) in [5, 5.41) is 3.34. The van der Waals surface area contributed by atoms with Crippen LogP contribution in [0, 0.1) is 0 Å². The Hall–Kier alpha value is 0.0400. The molecule has 0 aliphatic rings. The van der Waals surface area contributed by atoms with Crippen LogP contribution in [0.4, 0.5) is 4.39 Å². The fraction of sp³-hybridized carbons (Fsp3) is 1.00. The first-order chi connectivity index (χ1) is 5.68. The van der Waals surface area contributed by atoms with Crippen molar-refractivity contribution in [2.45, 2.75) is 25.0 Å². The largest absolute Gasteiger partial charge is 0.317 e. The highest BCUT2D eigenvalue weighted by Crippen LogP contribution is 1.96. The van der Waals surface area contributed by atoms with Crippen molar-refractivity contribution in [3.63, 3.8) is 0 Å². The Bertz CT molecular complexity index is 132. The van der Waals surface area contributed by atoms with Gasteiger partial charge in [0.05, 0.1) is 6.67 Å². The summed E-state index contributed by atoms with van der Waals surface area (Å²) in [5.41, 5.74) is 0. The molecule has 0 rings (SSSR count). The van der Waals surface area contributed by atoms with Crippen molar-refractivity contribution in [3.8, 4) is 0 Å². The Morgan fingerprint density at radius 3 is 2.67 bits per heavy atom. The summed E-state index contributed by atoms with van der Waals surface area (Å²) in [4.78, 5) is 0. The van der Waals surface area contributed by atoms with Crippen molar-refractivity contribution in [1.29, 1.82) is 0 Å². The van der Waals surface area contributed by atoms with Gasteiger partial charge in [0, 0.05) is 22.3 Å². The molecule has 2 atom stereocenters. The number of hydrogen-bond donors (Lipinski definition) is 1. The Morgan fingerprint density at radius 2 is 2.17 bits per heavy atom. The molecule has 2 unspecified atom stereocenters. The second-order valence-corrected chi connectivity index (χ2v) is 4.69. The van der Waals surface area contributed by atoms with Crippen molar-refractivity contribution in [2.75, 3.05) is 26.0 Å². The predicted octanol–water partition coefficient (Wildman–Crippen LogP) is 1.09. The Morgan fingerprint density at radius 1 is 1.50 bits per heavy atom. The highest BCUT2D eigenvalue weighted by molar-refractivity contribution is 7.84. The molecule has 0 radical (unpaired) electrons. The van der Waals surface area contributed by atoms with E-state index in [1.54, 1.807) is 6.26 Å². The zero-order valence-electron chi connectivity index (χ0n) is 7.81. The first kappa shape index (κ1) is 12.0. The van der Waals surface area contributed by atoms with Gasteiger partial charge in [-0.15, -0.1) is 0 Å². The standard InChI is InChI=1S/C8H18FNOS/c1-8(12(2)11)4-7-10-6-3-5-9/h8,10H,3-7H2,1-2H3. The van der Waals surface area contributed by atoms with E-state index in [4.69, 9.17) is 0 Å². The van der Waals surface area contributed by atoms with Crippen LogP contribution in [0.15, 0.2) is 0 Å². The summed E-state index contributed by atoms with van der Waals surface area (Å²) >= 11 is 0. The van der Waals surface area contributed by atoms with Crippen LogP contribution < -0.4 is 5.32 Å². The number of halogens is 1. The zero-order chi connectivity index (χ0) is 9.40. The summed E-state index contributed by atoms with van der Waals surface area (Å²) in [6.45, 7) is 3.26. The first-order valence-corrected chi connectivity index (χ1v) is 5.89. The molecule has 0 bridgehead atoms. The molecule has 0 fully saturated rings. The van der Waals surface area contributed by atoms with Crippen molar-refractivity contribution < 1.29 is 8.60 Å². The Labute approximate surface area is 76.4 Å². The lowest BCUT2D eigenvalue weighted by Gasteiger charge is -2.08. The number of alkyl halides is 1. The van der Waals surface area contributed by atoms with Crippen LogP contribution >= 0.6 is 0 Å². The molecule has 0 aromatic heterocycles. The summed E-state index contributed by atoms with van der Waals surface area (Å²) in [6.07, 6.45) is 3.19. The van der Waals surface area contributed by atoms with Crippen LogP contribution in [-0.4, -0.2) is 35.5 Å². The quantitative estimate of drug-likeness (QED) is 0.616. The molecule has 2 nitrogen and oxygen atoms in total. The minimum atomic E-state index is -0.732. The van der Waals surface area contributed by atoms with E-state index in [9.17, 15) is 8.60 Å². The van der Waals surface area contributed by atoms with E-state index in [2.05, 4.69) is 5.32 Å². The Balaban J connectivity index is 3.14. The molecule has 0 heterocycles. The lowest BCUT2D eigenvalue weighted by molar-refractivity contribution is 0.458. The topological polar surface area (TPSA) is 29.1 Å². The molecule has 74 valence electrons. The maximum atomic E-state index is 11.6. The van der Waals surface area contributed by atoms with Gasteiger partial charge in [-0.1, -0.05) is 6.92 Å². The summed E-state index contributed by atoms with van der Waals surface area (Å²) in [7, 11) is -0.732. The maximum Gasteiger partial charge on any atom is 0.0906 e. The van der Waals surface area contributed by atoms with Gasteiger partial charge in [0.1, 0.15) is 0 Å². The molecule has 1 N–H and O–H groups in total. The van der Waals surface area contributed by atoms with Crippen LogP contribution in [0.3, 0.4) is 0 Å². The third-order valence-corrected chi connectivity index (χ3v) is 3.15. The van der Waals surface area contributed by atoms with Crippen LogP contribution in [0.5, 0.6) is 0 Å². The van der Waals surface area contributed by atoms with Gasteiger partial charge >= 0.3 is 0 Å². The minimum Gasteiger partial charge on any atom is -0.317 e. The van der Waals surface area contributed by atoms with E-state index in [1.165, 1.54) is 0 Å². The molecule has 0 aliphatic heterocycles. The third kappa shape index (κ3) is 6.73. The maximum absolute atomic E-state index is 11.6. The van der Waals surface area contributed by atoms with E-state index < -0.39 is 10.8 Å². The molecule has 0 spiro atoms. The minimum absolute atomic E-state index is 0.239. The SMILES string of the molecule is CC(CCNCCCF)S(C)=O. The highest BCUT2D eigenvalue weighted by Gasteiger charge is 2.04. The van der Waals surface area contributed by atoms with Gasteiger partial charge in [0.15, 0.2) is 0 Å². The smallest absolute Gasteiger partial charge is 0.0906 e. The zero-order valence-corrected chi connectivity index (χ0v) is 8.62. The van der Waals surface area contributed by atoms with Gasteiger partial charge in [0.25, 0.3) is 0 Å². The second-order valence-electron chi connectivity index (χ2n) is 2.89. The number of hydrogen-bond acceptors (Lipinski definition) is 2. The van der Waals surface area contributed by atoms with Crippen molar-refractivity contribution in [3.05, 3.63) is 0 Å². The molecule has 0 aliphatic carbocycles. The lowest BCUT2D eigenvalue weighted by atomic mass is 10.3. The predicted molar refractivity (Wildman–Crippen MR) is 51.6 cm³/mol. The van der Waals surface area contributed by atoms with Gasteiger partial charge in [0.2, 0.25) is 0 Å². The fourth-order valence-corrected chi connectivity index (χ4v) is 1.24. The van der Waals surface area contributed by atoms with Crippen LogP contribution in [0.1, 0.15) is 19.8 Å². The lowest BCUT2D eigenvalue weighted by Crippen LogP contribution is -2.22. The molecular formula is C8H18FNOS. The van der Waals surface area contributed by atoms with Crippen molar-refractivity contribution in [1.82, 2.24) is 5.32 Å². The Kier molecular flexibility index (Phi) is 7.70. The molecule has 0 saturated heterocycles. The first-order valence-electron chi connectivity index (χ1n) is 4.27. The van der Waals surface area contributed by atoms with E-state index in [1.807, 2.05) is 6.92 Å². The summed E-state index contributed by atoms with van der Waals surface area (Å²) < 4.78 is 22.5. The summed E-state index contributed by atoms with van der Waals surface area (Å²) in [5.74, 6) is 0. The normalized spacial score (nSPS) is 15.9. The highest BCUT2D eigenvalue weighted by atomic mass is 32.2. The van der Waals surface area contributed by atoms with Crippen LogP contribution in [0.2, 0.25) is 0 Å². The average Bonchev–Trinajstić information content (AvgIpc) is 2.03. The van der Waals surface area contributed by atoms with Gasteiger partial charge < -0.3 is 5.32 Å². The van der Waals surface area contributed by atoms with Gasteiger partial charge in [-0.2, -0.15) is 0 Å². The van der Waals surface area contributed by atoms with E-state index in [0.717, 1.165) is 19.5 Å². The third-order valence-electron chi connectivity index (χ3n) is 1.78. The fourth-order valence-electron chi connectivity index (χ4n) is 0.788. The van der Waals surface area contributed by atoms with E-state index in [0.29, 0.717) is 6.42 Å². The van der Waals surface area contributed by atoms with E-state index in [-0.39, 0.29) is 11.9 Å². The van der Waals surface area contributed by atoms with Gasteiger partial charge in [-0.05, 0) is 25.9 Å². The second kappa shape index (κ2) is 7.68. The van der Waals surface area contributed by atoms with Gasteiger partial charge in [-0.25, -0.2) is 0 Å². The van der Waals surface area contributed by atoms with E-state index >= 15 is 0 Å². The number of nitrogens with one attached hydrogen (secondary N) is 1. The number of rotatable bonds is 7. The van der Waals surface area contributed by atoms with Crippen molar-refractivity contribution in [2.24, 2.45) is 0 Å². The molecule has 0 amide bonds. The molecule has 0 saturated carbocycles. The van der Waals surface area contributed by atoms with Crippen molar-refractivity contribution >= 4 is 10.8 Å². The molecule has 4 heteroatoms. The monoisotopic (exact) mass is 195 g/mol. The molecule has 0 aromatic carbocycles. The molecule has 0 aromatic rings. The average molecular weight is 195 g/mol. The molecular weight excluding hydrogens is 177 g/mol.